The van der Waals surface area contributed by atoms with Gasteiger partial charge in [-0.25, -0.2) is 4.37 Å². The molecule has 1 N–H and O–H groups in total. The maximum absolute atomic E-state index is 9.87. The predicted octanol–water partition coefficient (Wildman–Crippen LogP) is 7.57. The number of carboxylic acid groups (broad SMARTS) is 1. The molecule has 1 unspecified atom stereocenters. The number of unbranched alkanes of at least 4 members (excludes halogenated alkanes) is 5. The van der Waals surface area contributed by atoms with Crippen LogP contribution in [0.3, 0.4) is 0 Å². The molecule has 1 aromatic heterocycles. The van der Waals surface area contributed by atoms with Crippen LogP contribution >= 0.6 is 23.3 Å². The zero-order valence-corrected chi connectivity index (χ0v) is 25.2. The normalized spacial score (nSPS) is 12.3. The fraction of sp³-hybridized carbons (Fsp3) is 0.607. The number of thioether (sulfide) groups is 1. The van der Waals surface area contributed by atoms with Gasteiger partial charge in [-0.2, -0.15) is 11.8 Å². The number of nitrogens with zero attached hydrogens (tertiary/aromatic N) is 1. The van der Waals surface area contributed by atoms with Gasteiger partial charge in [0.15, 0.2) is 0 Å². The Morgan fingerprint density at radius 1 is 1.05 bits per heavy atom. The number of carbonyl (C=O) groups excluding carboxylic acids is 3. The number of aromatic nitrogens is 1. The van der Waals surface area contributed by atoms with E-state index in [1.165, 1.54) is 56.7 Å². The van der Waals surface area contributed by atoms with Gasteiger partial charge in [0.1, 0.15) is 12.6 Å². The molecule has 0 radical (unpaired) electrons. The number of aliphatic carboxylic acids is 1. The average molecular weight is 560 g/mol. The largest absolute Gasteiger partial charge is 0.481 e. The summed E-state index contributed by atoms with van der Waals surface area (Å²) in [6.07, 6.45) is 19.5. The SMILES string of the molecule is CC1CS1.CCC=O.CCCCCC(=O)O.CCCCCC=CC=CC=O.COC(C)=O.c1cnsc1. The molecule has 1 aliphatic heterocycles. The van der Waals surface area contributed by atoms with Crippen molar-refractivity contribution in [3.8, 4) is 0 Å². The number of carboxylic acids is 1. The second-order valence-corrected chi connectivity index (χ2v) is 9.56. The maximum atomic E-state index is 9.87. The molecule has 2 heterocycles. The third-order valence-corrected chi connectivity index (χ3v) is 5.23. The molecule has 7 nitrogen and oxygen atoms in total. The molecule has 0 amide bonds. The van der Waals surface area contributed by atoms with Gasteiger partial charge in [-0.15, -0.1) is 0 Å². The zero-order chi connectivity index (χ0) is 29.0. The molecule has 1 fully saturated rings. The number of rotatable bonds is 11. The first-order valence-corrected chi connectivity index (χ1v) is 14.6. The standard InChI is InChI=1S/C10H16O.C6H12O2.C3H3NS.C3H6O2.C3H6O.C3H6S/c1-2-3-4-5-6-7-8-9-10-11;1-2-3-4-5-6(7)8;1-2-4-5-3-1;1-3(4)5-2;1-2-3-4;1-3-2-4-3/h6-10H,2-5H2,1H3;2-5H2,1H3,(H,7,8);1-3H;1-2H3;2*3H,2H2,1H3. The highest BCUT2D eigenvalue weighted by Gasteiger charge is 2.13. The summed E-state index contributed by atoms with van der Waals surface area (Å²) in [5, 5.41) is 11.1. The summed E-state index contributed by atoms with van der Waals surface area (Å²) >= 11 is 3.49. The van der Waals surface area contributed by atoms with Crippen LogP contribution in [0, 0.1) is 0 Å². The van der Waals surface area contributed by atoms with Gasteiger partial charge in [-0.3, -0.25) is 14.4 Å². The monoisotopic (exact) mass is 559 g/mol. The molecule has 1 aliphatic rings. The van der Waals surface area contributed by atoms with Crippen LogP contribution in [0.15, 0.2) is 41.9 Å². The van der Waals surface area contributed by atoms with Gasteiger partial charge in [-0.1, -0.05) is 71.6 Å². The highest BCUT2D eigenvalue weighted by molar-refractivity contribution is 8.06. The van der Waals surface area contributed by atoms with E-state index >= 15 is 0 Å². The van der Waals surface area contributed by atoms with Crippen LogP contribution in [0.5, 0.6) is 0 Å². The molecule has 1 atom stereocenters. The smallest absolute Gasteiger partial charge is 0.303 e. The second-order valence-electron chi connectivity index (χ2n) is 7.40. The minimum atomic E-state index is -0.682. The number of esters is 1. The lowest BCUT2D eigenvalue weighted by molar-refractivity contribution is -0.138. The summed E-state index contributed by atoms with van der Waals surface area (Å²) in [4.78, 5) is 38.5. The fourth-order valence-electron chi connectivity index (χ4n) is 1.59. The molecule has 2 rings (SSSR count). The number of aldehydes is 2. The molecule has 0 aliphatic carbocycles. The van der Waals surface area contributed by atoms with Gasteiger partial charge < -0.3 is 14.6 Å². The van der Waals surface area contributed by atoms with E-state index in [-0.39, 0.29) is 5.97 Å². The Labute approximate surface area is 233 Å². The van der Waals surface area contributed by atoms with Gasteiger partial charge in [0.25, 0.3) is 0 Å². The average Bonchev–Trinajstić information content (AvgIpc) is 3.43. The molecule has 214 valence electrons. The van der Waals surface area contributed by atoms with Gasteiger partial charge in [0.2, 0.25) is 0 Å². The lowest BCUT2D eigenvalue weighted by atomic mass is 10.2. The molecule has 9 heteroatoms. The first-order chi connectivity index (χ1) is 17.8. The van der Waals surface area contributed by atoms with Crippen molar-refractivity contribution in [2.45, 2.75) is 97.7 Å². The molecule has 37 heavy (non-hydrogen) atoms. The van der Waals surface area contributed by atoms with Crippen LogP contribution in [-0.2, 0) is 23.9 Å². The maximum Gasteiger partial charge on any atom is 0.303 e. The Balaban J connectivity index is -0.000000185. The van der Waals surface area contributed by atoms with Crippen LogP contribution in [0.25, 0.3) is 0 Å². The Bertz CT molecular complexity index is 628. The van der Waals surface area contributed by atoms with Crippen molar-refractivity contribution in [3.05, 3.63) is 41.9 Å². The van der Waals surface area contributed by atoms with Crippen LogP contribution in [0.4, 0.5) is 0 Å². The minimum absolute atomic E-state index is 0.245. The summed E-state index contributed by atoms with van der Waals surface area (Å²) in [5.74, 6) is 0.475. The first kappa shape index (κ1) is 41.9. The highest BCUT2D eigenvalue weighted by Crippen LogP contribution is 2.28. The number of methoxy groups -OCH3 is 1. The van der Waals surface area contributed by atoms with Crippen molar-refractivity contribution in [2.75, 3.05) is 12.9 Å². The van der Waals surface area contributed by atoms with E-state index in [1.54, 1.807) is 12.3 Å². The van der Waals surface area contributed by atoms with Crippen molar-refractivity contribution in [1.82, 2.24) is 4.37 Å². The number of carbonyl (C=O) groups is 4. The fourth-order valence-corrected chi connectivity index (χ4v) is 2.14. The van der Waals surface area contributed by atoms with Gasteiger partial charge in [0, 0.05) is 42.3 Å². The summed E-state index contributed by atoms with van der Waals surface area (Å²) in [5.41, 5.74) is 0. The van der Waals surface area contributed by atoms with Gasteiger partial charge >= 0.3 is 11.9 Å². The number of hydrogen-bond donors (Lipinski definition) is 1. The molecule has 0 saturated carbocycles. The van der Waals surface area contributed by atoms with Crippen molar-refractivity contribution in [3.63, 3.8) is 0 Å². The lowest BCUT2D eigenvalue weighted by Crippen LogP contribution is -1.92. The van der Waals surface area contributed by atoms with Crippen LogP contribution in [0.2, 0.25) is 0 Å². The predicted molar refractivity (Wildman–Crippen MR) is 158 cm³/mol. The quantitative estimate of drug-likeness (QED) is 0.0738. The summed E-state index contributed by atoms with van der Waals surface area (Å²) in [7, 11) is 1.35. The van der Waals surface area contributed by atoms with Gasteiger partial charge in [-0.05, 0) is 42.9 Å². The number of ether oxygens (including phenoxy) is 1. The van der Waals surface area contributed by atoms with E-state index in [0.29, 0.717) is 12.8 Å². The van der Waals surface area contributed by atoms with Crippen molar-refractivity contribution >= 4 is 47.8 Å². The Morgan fingerprint density at radius 3 is 1.89 bits per heavy atom. The molecule has 0 aromatic carbocycles. The Kier molecular flexibility index (Phi) is 46.3. The van der Waals surface area contributed by atoms with Crippen molar-refractivity contribution in [2.24, 2.45) is 0 Å². The van der Waals surface area contributed by atoms with Crippen LogP contribution in [-0.4, -0.2) is 52.1 Å². The summed E-state index contributed by atoms with van der Waals surface area (Å²) in [6, 6.07) is 1.91. The minimum Gasteiger partial charge on any atom is -0.481 e. The summed E-state index contributed by atoms with van der Waals surface area (Å²) < 4.78 is 7.88. The van der Waals surface area contributed by atoms with Crippen molar-refractivity contribution in [1.29, 1.82) is 0 Å². The molecular formula is C28H49NO6S2. The number of hydrogen-bond acceptors (Lipinski definition) is 8. The van der Waals surface area contributed by atoms with Crippen molar-refractivity contribution < 1.29 is 29.0 Å². The topological polar surface area (TPSA) is 111 Å². The third kappa shape index (κ3) is 71.9. The van der Waals surface area contributed by atoms with E-state index in [2.05, 4.69) is 36.0 Å². The molecule has 1 aromatic rings. The Hall–Kier alpha value is -2.26. The Morgan fingerprint density at radius 2 is 1.59 bits per heavy atom. The molecule has 0 bridgehead atoms. The second kappa shape index (κ2) is 40.9. The lowest BCUT2D eigenvalue weighted by Gasteiger charge is -1.89. The highest BCUT2D eigenvalue weighted by atomic mass is 32.2. The van der Waals surface area contributed by atoms with Gasteiger partial charge in [0.05, 0.1) is 7.11 Å². The zero-order valence-electron chi connectivity index (χ0n) is 23.6. The van der Waals surface area contributed by atoms with E-state index < -0.39 is 5.97 Å². The molecular weight excluding hydrogens is 510 g/mol. The molecule has 1 saturated heterocycles. The van der Waals surface area contributed by atoms with Crippen LogP contribution < -0.4 is 0 Å². The van der Waals surface area contributed by atoms with E-state index in [1.807, 2.05) is 36.2 Å². The molecule has 0 spiro atoms. The summed E-state index contributed by atoms with van der Waals surface area (Å²) in [6.45, 7) is 9.66. The first-order valence-electron chi connectivity index (χ1n) is 12.7. The number of allylic oxidation sites excluding steroid dienone is 4. The van der Waals surface area contributed by atoms with Crippen LogP contribution in [0.1, 0.15) is 92.4 Å². The van der Waals surface area contributed by atoms with E-state index in [0.717, 1.165) is 43.5 Å². The van der Waals surface area contributed by atoms with E-state index in [4.69, 9.17) is 5.11 Å². The third-order valence-electron chi connectivity index (χ3n) is 3.71. The van der Waals surface area contributed by atoms with E-state index in [9.17, 15) is 19.2 Å².